The molecule has 0 aliphatic carbocycles. The van der Waals surface area contributed by atoms with Crippen LogP contribution in [0.4, 0.5) is 9.18 Å². The minimum atomic E-state index is -0.686. The molecule has 4 rings (SSSR count). The van der Waals surface area contributed by atoms with Crippen LogP contribution in [0.3, 0.4) is 0 Å². The summed E-state index contributed by atoms with van der Waals surface area (Å²) in [6.45, 7) is 0.452. The average Bonchev–Trinajstić information content (AvgIpc) is 3.23. The molecule has 2 aromatic carbocycles. The number of fused-ring (bicyclic) bond motifs is 2. The van der Waals surface area contributed by atoms with E-state index in [1.54, 1.807) is 6.07 Å². The predicted molar refractivity (Wildman–Crippen MR) is 101 cm³/mol. The molecular weight excluding hydrogens is 383 g/mol. The lowest BCUT2D eigenvalue weighted by Gasteiger charge is -2.23. The lowest BCUT2D eigenvalue weighted by atomic mass is 10.1. The van der Waals surface area contributed by atoms with Crippen molar-refractivity contribution >= 4 is 39.9 Å². The van der Waals surface area contributed by atoms with Gasteiger partial charge in [-0.05, 0) is 29.8 Å². The van der Waals surface area contributed by atoms with E-state index in [9.17, 15) is 18.8 Å². The lowest BCUT2D eigenvalue weighted by Crippen LogP contribution is -2.42. The first-order valence-electron chi connectivity index (χ1n) is 8.49. The molecule has 1 aliphatic heterocycles. The van der Waals surface area contributed by atoms with E-state index in [1.807, 2.05) is 29.6 Å². The fourth-order valence-electron chi connectivity index (χ4n) is 3.18. The number of urea groups is 1. The summed E-state index contributed by atoms with van der Waals surface area (Å²) in [5.74, 6) is -0.779. The summed E-state index contributed by atoms with van der Waals surface area (Å²) in [7, 11) is 0. The Morgan fingerprint density at radius 1 is 1.32 bits per heavy atom. The van der Waals surface area contributed by atoms with Crippen molar-refractivity contribution in [1.29, 1.82) is 0 Å². The number of thiazole rings is 1. The monoisotopic (exact) mass is 398 g/mol. The number of benzene rings is 2. The minimum absolute atomic E-state index is 0.140. The van der Waals surface area contributed by atoms with Crippen LogP contribution in [-0.2, 0) is 11.3 Å². The van der Waals surface area contributed by atoms with Gasteiger partial charge in [0.15, 0.2) is 0 Å². The average molecular weight is 398 g/mol. The highest BCUT2D eigenvalue weighted by molar-refractivity contribution is 7.18. The van der Waals surface area contributed by atoms with Crippen LogP contribution in [0.5, 0.6) is 0 Å². The number of aromatic nitrogens is 1. The van der Waals surface area contributed by atoms with Gasteiger partial charge in [-0.25, -0.2) is 14.2 Å². The van der Waals surface area contributed by atoms with Crippen molar-refractivity contribution in [2.24, 2.45) is 0 Å². The molecule has 7 nitrogen and oxygen atoms in total. The number of hydrogen-bond acceptors (Lipinski definition) is 5. The van der Waals surface area contributed by atoms with E-state index in [-0.39, 0.29) is 18.9 Å². The Labute approximate surface area is 163 Å². The summed E-state index contributed by atoms with van der Waals surface area (Å²) < 4.78 is 14.4. The fourth-order valence-corrected chi connectivity index (χ4v) is 4.19. The number of rotatable bonds is 5. The number of imide groups is 1. The zero-order valence-corrected chi connectivity index (χ0v) is 15.3. The predicted octanol–water partition coefficient (Wildman–Crippen LogP) is 2.59. The highest BCUT2D eigenvalue weighted by Gasteiger charge is 2.31. The van der Waals surface area contributed by atoms with E-state index in [4.69, 9.17) is 0 Å². The van der Waals surface area contributed by atoms with Gasteiger partial charge in [-0.3, -0.25) is 14.9 Å². The van der Waals surface area contributed by atoms with Crippen LogP contribution in [0, 0.1) is 5.82 Å². The van der Waals surface area contributed by atoms with Gasteiger partial charge in [-0.1, -0.05) is 18.2 Å². The van der Waals surface area contributed by atoms with Gasteiger partial charge < -0.3 is 10.2 Å². The summed E-state index contributed by atoms with van der Waals surface area (Å²) in [4.78, 5) is 41.2. The number of carbonyl (C=O) groups excluding carboxylic acids is 3. The number of para-hydroxylation sites is 1. The molecule has 0 radical (unpaired) electrons. The van der Waals surface area contributed by atoms with E-state index in [0.717, 1.165) is 15.8 Å². The summed E-state index contributed by atoms with van der Waals surface area (Å²) >= 11 is 1.40. The standard InChI is InChI=1S/C19H15FN4O3S/c20-12-6-5-11-8-24(18(26)13(11)7-12)9-15(23-19(27)21-10-25)17-22-14-3-1-2-4-16(14)28-17/h1-7,10,15H,8-9H2,(H2,21,23,25,27)/t15-/m0/s1. The van der Waals surface area contributed by atoms with Gasteiger partial charge in [0, 0.05) is 18.7 Å². The molecule has 0 spiro atoms. The van der Waals surface area contributed by atoms with Crippen molar-refractivity contribution in [3.63, 3.8) is 0 Å². The van der Waals surface area contributed by atoms with Gasteiger partial charge in [0.05, 0.1) is 10.2 Å². The van der Waals surface area contributed by atoms with Crippen LogP contribution < -0.4 is 10.6 Å². The van der Waals surface area contributed by atoms with Crippen LogP contribution in [0.25, 0.3) is 10.2 Å². The zero-order chi connectivity index (χ0) is 19.7. The van der Waals surface area contributed by atoms with Gasteiger partial charge in [0.25, 0.3) is 5.91 Å². The molecule has 4 amide bonds. The molecule has 2 N–H and O–H groups in total. The number of nitrogens with one attached hydrogen (secondary N) is 2. The van der Waals surface area contributed by atoms with Gasteiger partial charge >= 0.3 is 6.03 Å². The van der Waals surface area contributed by atoms with Gasteiger partial charge in [0.1, 0.15) is 16.9 Å². The Morgan fingerprint density at radius 3 is 2.93 bits per heavy atom. The lowest BCUT2D eigenvalue weighted by molar-refractivity contribution is -0.108. The van der Waals surface area contributed by atoms with E-state index in [1.165, 1.54) is 28.4 Å². The first kappa shape index (κ1) is 18.1. The summed E-state index contributed by atoms with van der Waals surface area (Å²) in [5, 5.41) is 5.32. The SMILES string of the molecule is O=CNC(=O)N[C@@H](CN1Cc2ccc(F)cc2C1=O)c1nc2ccccc2s1. The van der Waals surface area contributed by atoms with Gasteiger partial charge in [-0.15, -0.1) is 11.3 Å². The van der Waals surface area contributed by atoms with Crippen molar-refractivity contribution in [2.75, 3.05) is 6.54 Å². The third kappa shape index (κ3) is 3.44. The van der Waals surface area contributed by atoms with Gasteiger partial charge in [0.2, 0.25) is 6.41 Å². The van der Waals surface area contributed by atoms with E-state index in [2.05, 4.69) is 10.3 Å². The second-order valence-corrected chi connectivity index (χ2v) is 7.36. The summed E-state index contributed by atoms with van der Waals surface area (Å²) in [6, 6.07) is 10.3. The van der Waals surface area contributed by atoms with Crippen LogP contribution in [0.2, 0.25) is 0 Å². The van der Waals surface area contributed by atoms with Crippen molar-refractivity contribution in [3.05, 3.63) is 64.4 Å². The molecule has 0 saturated carbocycles. The maximum absolute atomic E-state index is 13.5. The Hall–Kier alpha value is -3.33. The molecule has 2 heterocycles. The molecule has 0 unspecified atom stereocenters. The number of carbonyl (C=O) groups is 3. The normalized spacial score (nSPS) is 14.0. The Bertz CT molecular complexity index is 1050. The number of halogens is 1. The molecule has 0 fully saturated rings. The van der Waals surface area contributed by atoms with Crippen LogP contribution in [-0.4, -0.2) is 34.8 Å². The van der Waals surface area contributed by atoms with E-state index in [0.29, 0.717) is 17.1 Å². The Morgan fingerprint density at radius 2 is 2.14 bits per heavy atom. The van der Waals surface area contributed by atoms with E-state index < -0.39 is 17.9 Å². The van der Waals surface area contributed by atoms with Crippen LogP contribution in [0.15, 0.2) is 42.5 Å². The van der Waals surface area contributed by atoms with Crippen molar-refractivity contribution in [2.45, 2.75) is 12.6 Å². The second kappa shape index (κ2) is 7.35. The van der Waals surface area contributed by atoms with Crippen LogP contribution >= 0.6 is 11.3 Å². The van der Waals surface area contributed by atoms with Gasteiger partial charge in [-0.2, -0.15) is 0 Å². The molecule has 1 aliphatic rings. The highest BCUT2D eigenvalue weighted by atomic mass is 32.1. The first-order chi connectivity index (χ1) is 13.5. The first-order valence-corrected chi connectivity index (χ1v) is 9.30. The van der Waals surface area contributed by atoms with Crippen molar-refractivity contribution in [3.8, 4) is 0 Å². The third-order valence-corrected chi connectivity index (χ3v) is 5.61. The maximum atomic E-state index is 13.5. The third-order valence-electron chi connectivity index (χ3n) is 4.46. The molecule has 28 heavy (non-hydrogen) atoms. The molecule has 1 aromatic heterocycles. The molecule has 1 atom stereocenters. The van der Waals surface area contributed by atoms with Crippen molar-refractivity contribution < 1.29 is 18.8 Å². The molecule has 142 valence electrons. The molecule has 0 saturated heterocycles. The molecule has 9 heteroatoms. The van der Waals surface area contributed by atoms with Crippen molar-refractivity contribution in [1.82, 2.24) is 20.5 Å². The largest absolute Gasteiger partial charge is 0.332 e. The Kier molecular flexibility index (Phi) is 4.74. The number of nitrogens with zero attached hydrogens (tertiary/aromatic N) is 2. The maximum Gasteiger partial charge on any atom is 0.321 e. The Balaban J connectivity index is 1.61. The highest BCUT2D eigenvalue weighted by Crippen LogP contribution is 2.30. The van der Waals surface area contributed by atoms with Crippen LogP contribution in [0.1, 0.15) is 27.0 Å². The summed E-state index contributed by atoms with van der Waals surface area (Å²) in [5.41, 5.74) is 1.83. The molecule has 3 aromatic rings. The fraction of sp³-hybridized carbons (Fsp3) is 0.158. The minimum Gasteiger partial charge on any atom is -0.332 e. The summed E-state index contributed by atoms with van der Waals surface area (Å²) in [6.07, 6.45) is 0.282. The smallest absolute Gasteiger partial charge is 0.321 e. The second-order valence-electron chi connectivity index (χ2n) is 6.30. The molecular formula is C19H15FN4O3S. The zero-order valence-electron chi connectivity index (χ0n) is 14.5. The number of hydrogen-bond donors (Lipinski definition) is 2. The molecule has 0 bridgehead atoms. The quantitative estimate of drug-likeness (QED) is 0.647. The van der Waals surface area contributed by atoms with E-state index >= 15 is 0 Å². The topological polar surface area (TPSA) is 91.4 Å². The number of amides is 4.